The van der Waals surface area contributed by atoms with E-state index in [1.807, 2.05) is 43.3 Å². The smallest absolute Gasteiger partial charge is 0.324 e. The number of hydrogen-bond acceptors (Lipinski definition) is 4. The monoisotopic (exact) mass is 396 g/mol. The quantitative estimate of drug-likeness (QED) is 0.274. The Hall–Kier alpha value is -1.62. The van der Waals surface area contributed by atoms with Crippen LogP contribution in [-0.2, 0) is 25.5 Å². The highest BCUT2D eigenvalue weighted by Gasteiger charge is 2.48. The summed E-state index contributed by atoms with van der Waals surface area (Å²) >= 11 is 3.31. The molecule has 0 saturated carbocycles. The molecule has 0 fully saturated rings. The maximum absolute atomic E-state index is 12.7. The maximum Gasteiger partial charge on any atom is 0.324 e. The molecule has 0 saturated heterocycles. The highest BCUT2D eigenvalue weighted by molar-refractivity contribution is 9.09. The lowest BCUT2D eigenvalue weighted by Gasteiger charge is -2.28. The summed E-state index contributed by atoms with van der Waals surface area (Å²) in [6, 6.07) is 7.78. The molecule has 132 valence electrons. The third kappa shape index (κ3) is 5.48. The van der Waals surface area contributed by atoms with Gasteiger partial charge in [0.15, 0.2) is 5.41 Å². The van der Waals surface area contributed by atoms with E-state index in [0.29, 0.717) is 5.33 Å². The van der Waals surface area contributed by atoms with E-state index in [9.17, 15) is 9.59 Å². The number of carbonyl (C=O) groups is 2. The number of halogens is 1. The second kappa shape index (κ2) is 10.3. The first kappa shape index (κ1) is 20.4. The van der Waals surface area contributed by atoms with Gasteiger partial charge in [0, 0.05) is 5.33 Å². The van der Waals surface area contributed by atoms with Gasteiger partial charge < -0.3 is 9.47 Å². The lowest BCUT2D eigenvalue weighted by Crippen LogP contribution is -2.43. The van der Waals surface area contributed by atoms with Crippen LogP contribution in [0.4, 0.5) is 0 Å². The van der Waals surface area contributed by atoms with Crippen LogP contribution in [-0.4, -0.2) is 30.5 Å². The Kier molecular flexibility index (Phi) is 8.76. The van der Waals surface area contributed by atoms with Crippen LogP contribution < -0.4 is 0 Å². The first-order chi connectivity index (χ1) is 11.5. The van der Waals surface area contributed by atoms with Gasteiger partial charge >= 0.3 is 11.9 Å². The van der Waals surface area contributed by atoms with Gasteiger partial charge in [0.2, 0.25) is 0 Å². The fourth-order valence-corrected chi connectivity index (χ4v) is 2.67. The fraction of sp³-hybridized carbons (Fsp3) is 0.474. The van der Waals surface area contributed by atoms with Gasteiger partial charge in [0.1, 0.15) is 0 Å². The Balaban J connectivity index is 3.25. The number of ether oxygens (including phenoxy) is 2. The number of esters is 2. The summed E-state index contributed by atoms with van der Waals surface area (Å²) in [5, 5.41) is 0.652. The summed E-state index contributed by atoms with van der Waals surface area (Å²) in [6.45, 7) is 5.89. The summed E-state index contributed by atoms with van der Waals surface area (Å²) in [6.07, 6.45) is 4.17. The summed E-state index contributed by atoms with van der Waals surface area (Å²) < 4.78 is 10.4. The predicted octanol–water partition coefficient (Wildman–Crippen LogP) is 3.99. The summed E-state index contributed by atoms with van der Waals surface area (Å²) in [4.78, 5) is 25.4. The second-order valence-corrected chi connectivity index (χ2v) is 6.16. The number of rotatable bonds is 9. The molecule has 1 aromatic rings. The van der Waals surface area contributed by atoms with Crippen molar-refractivity contribution in [3.63, 3.8) is 0 Å². The number of allylic oxidation sites excluding steroid dienone is 2. The number of aryl methyl sites for hydroxylation is 1. The Morgan fingerprint density at radius 2 is 1.58 bits per heavy atom. The molecular weight excluding hydrogens is 372 g/mol. The van der Waals surface area contributed by atoms with Crippen LogP contribution in [0.3, 0.4) is 0 Å². The van der Waals surface area contributed by atoms with E-state index in [1.165, 1.54) is 0 Å². The maximum atomic E-state index is 12.7. The van der Waals surface area contributed by atoms with E-state index in [1.54, 1.807) is 13.8 Å². The average molecular weight is 397 g/mol. The minimum absolute atomic E-state index is 0.218. The number of hydrogen-bond donors (Lipinski definition) is 0. The van der Waals surface area contributed by atoms with Crippen LogP contribution in [0.1, 0.15) is 31.4 Å². The highest BCUT2D eigenvalue weighted by atomic mass is 79.9. The summed E-state index contributed by atoms with van der Waals surface area (Å²) in [7, 11) is 0. The van der Waals surface area contributed by atoms with Crippen molar-refractivity contribution in [1.29, 1.82) is 0 Å². The van der Waals surface area contributed by atoms with Crippen molar-refractivity contribution < 1.29 is 19.1 Å². The molecule has 0 bridgehead atoms. The molecule has 0 unspecified atom stereocenters. The zero-order valence-electron chi connectivity index (χ0n) is 14.5. The fourth-order valence-electron chi connectivity index (χ4n) is 2.41. The largest absolute Gasteiger partial charge is 0.465 e. The van der Waals surface area contributed by atoms with Gasteiger partial charge in [-0.1, -0.05) is 57.9 Å². The molecule has 0 heterocycles. The van der Waals surface area contributed by atoms with Crippen molar-refractivity contribution in [3.05, 3.63) is 47.5 Å². The molecule has 0 aliphatic heterocycles. The van der Waals surface area contributed by atoms with Crippen LogP contribution in [0.25, 0.3) is 0 Å². The number of benzene rings is 1. The van der Waals surface area contributed by atoms with E-state index in [2.05, 4.69) is 15.9 Å². The molecule has 0 N–H and O–H groups in total. The third-order valence-electron chi connectivity index (χ3n) is 3.68. The van der Waals surface area contributed by atoms with Crippen LogP contribution in [0.15, 0.2) is 36.4 Å². The van der Waals surface area contributed by atoms with Crippen LogP contribution in [0.5, 0.6) is 0 Å². The van der Waals surface area contributed by atoms with Crippen LogP contribution in [0.2, 0.25) is 0 Å². The first-order valence-electron chi connectivity index (χ1n) is 8.11. The van der Waals surface area contributed by atoms with Crippen molar-refractivity contribution in [2.45, 2.75) is 33.6 Å². The number of alkyl halides is 1. The predicted molar refractivity (Wildman–Crippen MR) is 98.1 cm³/mol. The summed E-state index contributed by atoms with van der Waals surface area (Å²) in [5.41, 5.74) is 0.657. The number of carbonyl (C=O) groups excluding carboxylic acids is 2. The van der Waals surface area contributed by atoms with Crippen molar-refractivity contribution in [2.24, 2.45) is 5.41 Å². The minimum Gasteiger partial charge on any atom is -0.465 e. The normalized spacial score (nSPS) is 11.5. The lowest BCUT2D eigenvalue weighted by molar-refractivity contribution is -0.171. The van der Waals surface area contributed by atoms with Crippen LogP contribution in [0, 0.1) is 12.3 Å². The van der Waals surface area contributed by atoms with Crippen molar-refractivity contribution in [3.8, 4) is 0 Å². The average Bonchev–Trinajstić information content (AvgIpc) is 2.56. The summed E-state index contributed by atoms with van der Waals surface area (Å²) in [5.74, 6) is -1.08. The molecule has 0 radical (unpaired) electrons. The highest BCUT2D eigenvalue weighted by Crippen LogP contribution is 2.32. The minimum atomic E-state index is -1.36. The molecule has 1 aromatic carbocycles. The molecule has 0 atom stereocenters. The van der Waals surface area contributed by atoms with E-state index >= 15 is 0 Å². The van der Waals surface area contributed by atoms with Gasteiger partial charge in [0.05, 0.1) is 13.2 Å². The van der Waals surface area contributed by atoms with Gasteiger partial charge in [-0.05, 0) is 39.2 Å². The molecular formula is C19H25BrO4. The molecule has 0 amide bonds. The third-order valence-corrected chi connectivity index (χ3v) is 4.05. The standard InChI is InChI=1S/C19H25BrO4/c1-4-23-17(21)19(12-6-7-13-20,18(22)24-5-2)14-16-10-8-15(3)9-11-16/h6-11H,4-5,12-14H2,1-3H3/b7-6-. The van der Waals surface area contributed by atoms with Crippen molar-refractivity contribution in [2.75, 3.05) is 18.5 Å². The zero-order chi connectivity index (χ0) is 18.0. The van der Waals surface area contributed by atoms with Gasteiger partial charge in [-0.25, -0.2) is 0 Å². The van der Waals surface area contributed by atoms with Gasteiger partial charge in [-0.15, -0.1) is 0 Å². The second-order valence-electron chi connectivity index (χ2n) is 5.52. The van der Waals surface area contributed by atoms with E-state index in [-0.39, 0.29) is 26.1 Å². The van der Waals surface area contributed by atoms with Gasteiger partial charge in [0.25, 0.3) is 0 Å². The molecule has 0 aromatic heterocycles. The Morgan fingerprint density at radius 1 is 1.04 bits per heavy atom. The molecule has 4 nitrogen and oxygen atoms in total. The molecule has 0 spiro atoms. The molecule has 1 rings (SSSR count). The van der Waals surface area contributed by atoms with E-state index < -0.39 is 17.4 Å². The van der Waals surface area contributed by atoms with Crippen LogP contribution >= 0.6 is 15.9 Å². The Bertz CT molecular complexity index is 545. The molecule has 24 heavy (non-hydrogen) atoms. The van der Waals surface area contributed by atoms with Gasteiger partial charge in [-0.3, -0.25) is 9.59 Å². The molecule has 0 aliphatic carbocycles. The molecule has 5 heteroatoms. The topological polar surface area (TPSA) is 52.6 Å². The van der Waals surface area contributed by atoms with Crippen molar-refractivity contribution >= 4 is 27.9 Å². The molecule has 0 aliphatic rings. The zero-order valence-corrected chi connectivity index (χ0v) is 16.1. The van der Waals surface area contributed by atoms with E-state index in [0.717, 1.165) is 11.1 Å². The Morgan fingerprint density at radius 3 is 2.04 bits per heavy atom. The lowest BCUT2D eigenvalue weighted by atomic mass is 9.78. The SMILES string of the molecule is CCOC(=O)C(C/C=C\CBr)(Cc1ccc(C)cc1)C(=O)OCC. The first-order valence-corrected chi connectivity index (χ1v) is 9.23. The Labute approximate surface area is 152 Å². The van der Waals surface area contributed by atoms with E-state index in [4.69, 9.17) is 9.47 Å². The van der Waals surface area contributed by atoms with Gasteiger partial charge in [-0.2, -0.15) is 0 Å². The van der Waals surface area contributed by atoms with Crippen molar-refractivity contribution in [1.82, 2.24) is 0 Å².